The Morgan fingerprint density at radius 2 is 2.04 bits per heavy atom. The molecule has 23 heavy (non-hydrogen) atoms. The van der Waals surface area contributed by atoms with Crippen LogP contribution in [0.2, 0.25) is 0 Å². The zero-order valence-corrected chi connectivity index (χ0v) is 14.5. The lowest BCUT2D eigenvalue weighted by Crippen LogP contribution is -2.33. The van der Waals surface area contributed by atoms with Crippen LogP contribution < -0.4 is 4.90 Å². The molecule has 5 heteroatoms. The molecular weight excluding hydrogens is 357 g/mol. The van der Waals surface area contributed by atoms with Gasteiger partial charge in [-0.2, -0.15) is 5.26 Å². The summed E-state index contributed by atoms with van der Waals surface area (Å²) in [6.45, 7) is 4.24. The van der Waals surface area contributed by atoms with Gasteiger partial charge < -0.3 is 4.90 Å². The summed E-state index contributed by atoms with van der Waals surface area (Å²) in [5, 5.41) is 8.85. The molecule has 2 heterocycles. The first kappa shape index (κ1) is 15.9. The number of rotatable bonds is 2. The predicted octanol–water partition coefficient (Wildman–Crippen LogP) is 4.76. The van der Waals surface area contributed by atoms with E-state index < -0.39 is 5.82 Å². The molecule has 3 rings (SSSR count). The van der Waals surface area contributed by atoms with Crippen molar-refractivity contribution in [2.45, 2.75) is 19.8 Å². The molecule has 1 saturated heterocycles. The second-order valence-electron chi connectivity index (χ2n) is 5.97. The minimum absolute atomic E-state index is 0.0594. The van der Waals surface area contributed by atoms with E-state index in [0.29, 0.717) is 0 Å². The monoisotopic (exact) mass is 373 g/mol. The summed E-state index contributed by atoms with van der Waals surface area (Å²) in [7, 11) is 0. The number of aromatic nitrogens is 1. The Bertz CT molecular complexity index is 761. The molecular formula is C18H17BrFN3. The molecule has 0 aliphatic carbocycles. The van der Waals surface area contributed by atoms with E-state index in [-0.39, 0.29) is 5.56 Å². The number of piperidine rings is 1. The van der Waals surface area contributed by atoms with Gasteiger partial charge >= 0.3 is 0 Å². The van der Waals surface area contributed by atoms with Gasteiger partial charge in [0.15, 0.2) is 0 Å². The van der Waals surface area contributed by atoms with Gasteiger partial charge in [-0.3, -0.25) is 0 Å². The van der Waals surface area contributed by atoms with Gasteiger partial charge in [0.1, 0.15) is 17.7 Å². The van der Waals surface area contributed by atoms with Crippen LogP contribution in [0.25, 0.3) is 11.1 Å². The molecule has 0 radical (unpaired) electrons. The standard InChI is InChI=1S/C18H17BrFN3/c1-12-5-8-23(9-6-12)18-17(19)15(4-7-22-18)13-2-3-14(11-21)16(20)10-13/h2-4,7,10,12H,5-6,8-9H2,1H3. The highest BCUT2D eigenvalue weighted by Crippen LogP contribution is 2.36. The minimum Gasteiger partial charge on any atom is -0.356 e. The van der Waals surface area contributed by atoms with Gasteiger partial charge in [-0.25, -0.2) is 9.37 Å². The average Bonchev–Trinajstić information content (AvgIpc) is 2.56. The number of benzene rings is 1. The Balaban J connectivity index is 1.97. The van der Waals surface area contributed by atoms with Gasteiger partial charge in [0.25, 0.3) is 0 Å². The van der Waals surface area contributed by atoms with E-state index >= 15 is 0 Å². The number of nitriles is 1. The molecule has 118 valence electrons. The van der Waals surface area contributed by atoms with Crippen LogP contribution in [0.15, 0.2) is 34.9 Å². The van der Waals surface area contributed by atoms with Crippen LogP contribution in [-0.4, -0.2) is 18.1 Å². The third kappa shape index (κ3) is 3.23. The van der Waals surface area contributed by atoms with Crippen molar-refractivity contribution in [3.8, 4) is 17.2 Å². The highest BCUT2D eigenvalue weighted by atomic mass is 79.9. The molecule has 0 amide bonds. The molecule has 0 atom stereocenters. The van der Waals surface area contributed by atoms with E-state index in [0.717, 1.165) is 53.3 Å². The molecule has 1 aromatic heterocycles. The van der Waals surface area contributed by atoms with Crippen molar-refractivity contribution in [3.05, 3.63) is 46.3 Å². The van der Waals surface area contributed by atoms with Gasteiger partial charge in [-0.05, 0) is 58.5 Å². The lowest BCUT2D eigenvalue weighted by atomic mass is 9.99. The fourth-order valence-corrected chi connectivity index (χ4v) is 3.58. The SMILES string of the molecule is CC1CCN(c2nccc(-c3ccc(C#N)c(F)c3)c2Br)CC1. The molecule has 0 unspecified atom stereocenters. The van der Waals surface area contributed by atoms with Crippen molar-refractivity contribution in [1.82, 2.24) is 4.98 Å². The lowest BCUT2D eigenvalue weighted by molar-refractivity contribution is 0.436. The van der Waals surface area contributed by atoms with E-state index in [1.807, 2.05) is 12.1 Å². The number of nitrogens with zero attached hydrogens (tertiary/aromatic N) is 3. The second-order valence-corrected chi connectivity index (χ2v) is 6.77. The van der Waals surface area contributed by atoms with Crippen molar-refractivity contribution >= 4 is 21.7 Å². The molecule has 1 aliphatic heterocycles. The summed E-state index contributed by atoms with van der Waals surface area (Å²) >= 11 is 3.64. The molecule has 0 N–H and O–H groups in total. The van der Waals surface area contributed by atoms with Crippen LogP contribution >= 0.6 is 15.9 Å². The largest absolute Gasteiger partial charge is 0.356 e. The maximum Gasteiger partial charge on any atom is 0.143 e. The quantitative estimate of drug-likeness (QED) is 0.761. The summed E-state index contributed by atoms with van der Waals surface area (Å²) < 4.78 is 14.8. The topological polar surface area (TPSA) is 39.9 Å². The predicted molar refractivity (Wildman–Crippen MR) is 92.7 cm³/mol. The molecule has 1 fully saturated rings. The third-order valence-corrected chi connectivity index (χ3v) is 5.14. The zero-order chi connectivity index (χ0) is 16.4. The van der Waals surface area contributed by atoms with Crippen LogP contribution in [0, 0.1) is 23.1 Å². The van der Waals surface area contributed by atoms with Crippen molar-refractivity contribution in [2.75, 3.05) is 18.0 Å². The fraction of sp³-hybridized carbons (Fsp3) is 0.333. The summed E-state index contributed by atoms with van der Waals surface area (Å²) in [6, 6.07) is 8.40. The van der Waals surface area contributed by atoms with Gasteiger partial charge in [-0.15, -0.1) is 0 Å². The van der Waals surface area contributed by atoms with Gasteiger partial charge in [0.05, 0.1) is 10.0 Å². The van der Waals surface area contributed by atoms with Crippen LogP contribution in [0.5, 0.6) is 0 Å². The molecule has 0 bridgehead atoms. The molecule has 2 aromatic rings. The Morgan fingerprint density at radius 3 is 2.70 bits per heavy atom. The fourth-order valence-electron chi connectivity index (χ4n) is 2.87. The van der Waals surface area contributed by atoms with Crippen LogP contribution in [0.1, 0.15) is 25.3 Å². The van der Waals surface area contributed by atoms with Crippen LogP contribution in [0.3, 0.4) is 0 Å². The molecule has 0 spiro atoms. The first-order valence-electron chi connectivity index (χ1n) is 7.69. The Kier molecular flexibility index (Phi) is 4.63. The Morgan fingerprint density at radius 1 is 1.30 bits per heavy atom. The van der Waals surface area contributed by atoms with Crippen molar-refractivity contribution < 1.29 is 4.39 Å². The van der Waals surface area contributed by atoms with Crippen molar-refractivity contribution in [2.24, 2.45) is 5.92 Å². The van der Waals surface area contributed by atoms with Crippen LogP contribution in [-0.2, 0) is 0 Å². The summed E-state index contributed by atoms with van der Waals surface area (Å²) in [6.07, 6.45) is 4.07. The van der Waals surface area contributed by atoms with E-state index in [1.54, 1.807) is 12.3 Å². The maximum absolute atomic E-state index is 13.9. The molecule has 1 aromatic carbocycles. The van der Waals surface area contributed by atoms with Gasteiger partial charge in [0, 0.05) is 24.8 Å². The van der Waals surface area contributed by atoms with Crippen molar-refractivity contribution in [3.63, 3.8) is 0 Å². The average molecular weight is 374 g/mol. The van der Waals surface area contributed by atoms with Gasteiger partial charge in [-0.1, -0.05) is 13.0 Å². The first-order valence-corrected chi connectivity index (χ1v) is 8.49. The van der Waals surface area contributed by atoms with E-state index in [9.17, 15) is 4.39 Å². The summed E-state index contributed by atoms with van der Waals surface area (Å²) in [5.41, 5.74) is 1.68. The Labute approximate surface area is 143 Å². The van der Waals surface area contributed by atoms with E-state index in [4.69, 9.17) is 5.26 Å². The smallest absolute Gasteiger partial charge is 0.143 e. The lowest BCUT2D eigenvalue weighted by Gasteiger charge is -2.32. The third-order valence-electron chi connectivity index (χ3n) is 4.35. The highest BCUT2D eigenvalue weighted by Gasteiger charge is 2.20. The molecule has 0 saturated carbocycles. The number of hydrogen-bond donors (Lipinski definition) is 0. The maximum atomic E-state index is 13.9. The highest BCUT2D eigenvalue weighted by molar-refractivity contribution is 9.10. The number of halogens is 2. The molecule has 1 aliphatic rings. The summed E-state index contributed by atoms with van der Waals surface area (Å²) in [5.74, 6) is 1.15. The normalized spacial score (nSPS) is 15.5. The van der Waals surface area contributed by atoms with Crippen molar-refractivity contribution in [1.29, 1.82) is 5.26 Å². The number of hydrogen-bond acceptors (Lipinski definition) is 3. The minimum atomic E-state index is -0.498. The van der Waals surface area contributed by atoms with E-state index in [2.05, 4.69) is 32.7 Å². The number of pyridine rings is 1. The van der Waals surface area contributed by atoms with E-state index in [1.165, 1.54) is 12.1 Å². The first-order chi connectivity index (χ1) is 11.1. The summed E-state index contributed by atoms with van der Waals surface area (Å²) in [4.78, 5) is 6.77. The zero-order valence-electron chi connectivity index (χ0n) is 12.9. The molecule has 3 nitrogen and oxygen atoms in total. The number of anilines is 1. The van der Waals surface area contributed by atoms with Crippen LogP contribution in [0.4, 0.5) is 10.2 Å². The second kappa shape index (κ2) is 6.67. The Hall–Kier alpha value is -1.93. The van der Waals surface area contributed by atoms with Gasteiger partial charge in [0.2, 0.25) is 0 Å².